The van der Waals surface area contributed by atoms with Crippen LogP contribution in [0.3, 0.4) is 0 Å². The Labute approximate surface area is 222 Å². The average Bonchev–Trinajstić information content (AvgIpc) is 3.11. The van der Waals surface area contributed by atoms with Gasteiger partial charge in [0.15, 0.2) is 0 Å². The van der Waals surface area contributed by atoms with Gasteiger partial charge in [-0.25, -0.2) is 4.79 Å². The maximum Gasteiger partial charge on any atom is 0.315 e. The van der Waals surface area contributed by atoms with E-state index in [9.17, 15) is 28.8 Å². The van der Waals surface area contributed by atoms with E-state index in [0.29, 0.717) is 12.8 Å². The summed E-state index contributed by atoms with van der Waals surface area (Å²) in [6, 6.07) is -3.71. The van der Waals surface area contributed by atoms with Crippen molar-refractivity contribution in [2.24, 2.45) is 28.9 Å². The van der Waals surface area contributed by atoms with E-state index in [-0.39, 0.29) is 36.3 Å². The molecule has 2 aliphatic carbocycles. The lowest BCUT2D eigenvalue weighted by Gasteiger charge is -2.36. The molecule has 0 aromatic heterocycles. The van der Waals surface area contributed by atoms with Gasteiger partial charge in [-0.3, -0.25) is 24.0 Å². The highest BCUT2D eigenvalue weighted by molar-refractivity contribution is 6.38. The fourth-order valence-corrected chi connectivity index (χ4v) is 5.59. The summed E-state index contributed by atoms with van der Waals surface area (Å²) in [5, 5.41) is 10.6. The number of rotatable bonds is 10. The molecule has 1 saturated heterocycles. The average molecular weight is 533 g/mol. The number of amides is 6. The van der Waals surface area contributed by atoms with Gasteiger partial charge in [0.2, 0.25) is 23.5 Å². The smallest absolute Gasteiger partial charge is 0.315 e. The van der Waals surface area contributed by atoms with Crippen LogP contribution in [0.25, 0.3) is 0 Å². The van der Waals surface area contributed by atoms with Crippen molar-refractivity contribution >= 4 is 35.4 Å². The Kier molecular flexibility index (Phi) is 8.23. The molecular formula is C26H40N6O6. The van der Waals surface area contributed by atoms with Crippen LogP contribution in [0.15, 0.2) is 12.7 Å². The first kappa shape index (κ1) is 29.1. The molecule has 38 heavy (non-hydrogen) atoms. The molecule has 3 rings (SSSR count). The van der Waals surface area contributed by atoms with Gasteiger partial charge in [-0.05, 0) is 62.9 Å². The highest BCUT2D eigenvalue weighted by Crippen LogP contribution is 2.64. The molecule has 6 N–H and O–H groups in total. The fraction of sp³-hybridized carbons (Fsp3) is 0.692. The zero-order valence-electron chi connectivity index (χ0n) is 22.8. The molecule has 0 radical (unpaired) electrons. The first-order chi connectivity index (χ1) is 17.6. The number of Topliss-reactive ketones (excluding diaryl/α,β-unsaturated/α-hetero) is 1. The molecule has 12 nitrogen and oxygen atoms in total. The number of primary amides is 1. The molecule has 3 aliphatic rings. The number of carbonyl (C=O) groups is 6. The van der Waals surface area contributed by atoms with Crippen molar-refractivity contribution in [3.8, 4) is 0 Å². The molecule has 0 bridgehead atoms. The van der Waals surface area contributed by atoms with Crippen molar-refractivity contribution in [2.45, 2.75) is 77.5 Å². The summed E-state index contributed by atoms with van der Waals surface area (Å²) in [6.07, 6.45) is 3.31. The zero-order chi connectivity index (χ0) is 28.6. The summed E-state index contributed by atoms with van der Waals surface area (Å²) >= 11 is 0. The van der Waals surface area contributed by atoms with Crippen LogP contribution >= 0.6 is 0 Å². The molecule has 0 aromatic rings. The van der Waals surface area contributed by atoms with E-state index >= 15 is 0 Å². The lowest BCUT2D eigenvalue weighted by Crippen LogP contribution is -2.62. The maximum absolute atomic E-state index is 13.8. The van der Waals surface area contributed by atoms with Gasteiger partial charge in [-0.15, -0.1) is 0 Å². The quantitative estimate of drug-likeness (QED) is 0.188. The van der Waals surface area contributed by atoms with Gasteiger partial charge in [-0.2, -0.15) is 0 Å². The molecule has 0 aromatic carbocycles. The Morgan fingerprint density at radius 3 is 2.24 bits per heavy atom. The van der Waals surface area contributed by atoms with E-state index in [1.165, 1.54) is 4.90 Å². The summed E-state index contributed by atoms with van der Waals surface area (Å²) in [5.41, 5.74) is 4.46. The third-order valence-corrected chi connectivity index (χ3v) is 7.96. The van der Waals surface area contributed by atoms with E-state index in [4.69, 9.17) is 5.73 Å². The summed E-state index contributed by atoms with van der Waals surface area (Å²) in [7, 11) is 0. The Morgan fingerprint density at radius 2 is 1.74 bits per heavy atom. The van der Waals surface area contributed by atoms with Crippen LogP contribution in [0, 0.1) is 23.2 Å². The van der Waals surface area contributed by atoms with E-state index in [0.717, 1.165) is 12.5 Å². The number of urea groups is 1. The molecular weight excluding hydrogens is 492 g/mol. The van der Waals surface area contributed by atoms with Crippen LogP contribution in [0.5, 0.6) is 0 Å². The minimum absolute atomic E-state index is 0.0445. The SMILES string of the molecule is C=CC(=O)NC[C@H](NC(=O)NC(C)(C)C)C(=O)N1CC2C(C1C(=O)NC(C(=O)C(N)=O)C1CCC1)C2(C)C. The molecule has 5 atom stereocenters. The molecule has 4 unspecified atom stereocenters. The largest absolute Gasteiger partial charge is 0.363 e. The second-order valence-electron chi connectivity index (χ2n) is 12.1. The number of nitrogens with two attached hydrogens (primary N) is 1. The van der Waals surface area contributed by atoms with Crippen molar-refractivity contribution in [1.29, 1.82) is 0 Å². The summed E-state index contributed by atoms with van der Waals surface area (Å²) in [4.78, 5) is 77.4. The Hall–Kier alpha value is -3.44. The molecule has 210 valence electrons. The van der Waals surface area contributed by atoms with Gasteiger partial charge in [-0.1, -0.05) is 26.8 Å². The van der Waals surface area contributed by atoms with E-state index < -0.39 is 59.1 Å². The zero-order valence-corrected chi connectivity index (χ0v) is 22.8. The summed E-state index contributed by atoms with van der Waals surface area (Å²) in [5.74, 6) is -3.86. The van der Waals surface area contributed by atoms with Gasteiger partial charge >= 0.3 is 6.03 Å². The lowest BCUT2D eigenvalue weighted by atomic mass is 9.78. The van der Waals surface area contributed by atoms with Gasteiger partial charge in [0.1, 0.15) is 18.1 Å². The monoisotopic (exact) mass is 532 g/mol. The topological polar surface area (TPSA) is 180 Å². The Balaban J connectivity index is 1.83. The number of carbonyl (C=O) groups excluding carboxylic acids is 6. The molecule has 2 saturated carbocycles. The second-order valence-corrected chi connectivity index (χ2v) is 12.1. The Morgan fingerprint density at radius 1 is 1.11 bits per heavy atom. The summed E-state index contributed by atoms with van der Waals surface area (Å²) < 4.78 is 0. The maximum atomic E-state index is 13.8. The number of likely N-dealkylation sites (tertiary alicyclic amines) is 1. The number of nitrogens with one attached hydrogen (secondary N) is 4. The number of ketones is 1. The molecule has 0 spiro atoms. The minimum atomic E-state index is -1.16. The van der Waals surface area contributed by atoms with Crippen LogP contribution in [0.2, 0.25) is 0 Å². The van der Waals surface area contributed by atoms with Gasteiger partial charge < -0.3 is 31.9 Å². The molecule has 6 amide bonds. The van der Waals surface area contributed by atoms with Crippen molar-refractivity contribution in [3.05, 3.63) is 12.7 Å². The van der Waals surface area contributed by atoms with E-state index in [1.54, 1.807) is 20.8 Å². The van der Waals surface area contributed by atoms with Crippen molar-refractivity contribution in [2.75, 3.05) is 13.1 Å². The first-order valence-corrected chi connectivity index (χ1v) is 13.0. The number of piperidine rings is 1. The van der Waals surface area contributed by atoms with Gasteiger partial charge in [0.25, 0.3) is 5.91 Å². The van der Waals surface area contributed by atoms with Crippen molar-refractivity contribution in [3.63, 3.8) is 0 Å². The number of fused-ring (bicyclic) bond motifs is 1. The fourth-order valence-electron chi connectivity index (χ4n) is 5.59. The highest BCUT2D eigenvalue weighted by atomic mass is 16.2. The molecule has 12 heteroatoms. The number of nitrogens with zero attached hydrogens (tertiary/aromatic N) is 1. The molecule has 3 fully saturated rings. The predicted octanol–water partition coefficient (Wildman–Crippen LogP) is -0.423. The van der Waals surface area contributed by atoms with Crippen LogP contribution in [0.1, 0.15) is 53.9 Å². The highest BCUT2D eigenvalue weighted by Gasteiger charge is 2.69. The van der Waals surface area contributed by atoms with Gasteiger partial charge in [0.05, 0.1) is 0 Å². The van der Waals surface area contributed by atoms with E-state index in [1.807, 2.05) is 13.8 Å². The second kappa shape index (κ2) is 10.7. The third-order valence-electron chi connectivity index (χ3n) is 7.96. The lowest BCUT2D eigenvalue weighted by molar-refractivity contribution is -0.144. The number of hydrogen-bond donors (Lipinski definition) is 5. The minimum Gasteiger partial charge on any atom is -0.363 e. The third kappa shape index (κ3) is 6.16. The standard InChI is InChI=1S/C26H40N6O6/c1-7-16(33)28-11-15(29-24(38)31-25(2,3)4)23(37)32-12-14-17(26(14,5)6)19(32)22(36)30-18(13-9-8-10-13)20(34)21(27)35/h7,13-15,17-19H,1,8-12H2,2-6H3,(H2,27,35)(H,28,33)(H,30,36)(H2,29,31,38)/t14?,15-,17?,18?,19?/m0/s1. The van der Waals surface area contributed by atoms with Crippen molar-refractivity contribution in [1.82, 2.24) is 26.2 Å². The van der Waals surface area contributed by atoms with E-state index in [2.05, 4.69) is 27.8 Å². The Bertz CT molecular complexity index is 1030. The van der Waals surface area contributed by atoms with Crippen molar-refractivity contribution < 1.29 is 28.8 Å². The predicted molar refractivity (Wildman–Crippen MR) is 138 cm³/mol. The van der Waals surface area contributed by atoms with Crippen LogP contribution in [0.4, 0.5) is 4.79 Å². The molecule has 1 heterocycles. The van der Waals surface area contributed by atoms with Crippen LogP contribution in [-0.4, -0.2) is 77.1 Å². The van der Waals surface area contributed by atoms with Crippen LogP contribution in [-0.2, 0) is 24.0 Å². The van der Waals surface area contributed by atoms with Gasteiger partial charge in [0, 0.05) is 18.6 Å². The normalized spacial score (nSPS) is 25.1. The summed E-state index contributed by atoms with van der Waals surface area (Å²) in [6.45, 7) is 12.8. The van der Waals surface area contributed by atoms with Crippen LogP contribution < -0.4 is 27.0 Å². The first-order valence-electron chi connectivity index (χ1n) is 13.0. The number of hydrogen-bond acceptors (Lipinski definition) is 6. The molecule has 1 aliphatic heterocycles.